The number of aromatic nitrogens is 2. The van der Waals surface area contributed by atoms with Crippen LogP contribution in [-0.4, -0.2) is 29.9 Å². The summed E-state index contributed by atoms with van der Waals surface area (Å²) in [5, 5.41) is 4.85. The van der Waals surface area contributed by atoms with Crippen molar-refractivity contribution in [3.8, 4) is 22.8 Å². The van der Waals surface area contributed by atoms with Crippen molar-refractivity contribution in [3.63, 3.8) is 0 Å². The van der Waals surface area contributed by atoms with E-state index in [0.29, 0.717) is 39.4 Å². The Morgan fingerprint density at radius 1 is 1.17 bits per heavy atom. The molecule has 3 aromatic rings. The zero-order chi connectivity index (χ0) is 20.8. The van der Waals surface area contributed by atoms with E-state index in [4.69, 9.17) is 32.7 Å². The molecule has 1 heterocycles. The van der Waals surface area contributed by atoms with Gasteiger partial charge >= 0.3 is 0 Å². The molecule has 0 aliphatic rings. The molecule has 0 spiro atoms. The number of hydrogen-bond acceptors (Lipinski definition) is 6. The summed E-state index contributed by atoms with van der Waals surface area (Å²) in [5.74, 6) is 1.34. The number of anilines is 1. The van der Waals surface area contributed by atoms with Gasteiger partial charge in [-0.1, -0.05) is 23.2 Å². The summed E-state index contributed by atoms with van der Waals surface area (Å²) in [7, 11) is 1.59. The summed E-state index contributed by atoms with van der Waals surface area (Å²) in [5.41, 5.74) is 4.33. The van der Waals surface area contributed by atoms with Gasteiger partial charge in [-0.2, -0.15) is 5.10 Å². The topological polar surface area (TPSA) is 88.6 Å². The van der Waals surface area contributed by atoms with E-state index in [-0.39, 0.29) is 11.5 Å². The third-order valence-corrected chi connectivity index (χ3v) is 4.38. The highest BCUT2D eigenvalue weighted by molar-refractivity contribution is 6.37. The van der Waals surface area contributed by atoms with Crippen molar-refractivity contribution < 1.29 is 9.47 Å². The first-order valence-electron chi connectivity index (χ1n) is 8.67. The smallest absolute Gasteiger partial charge is 0.252 e. The number of halogens is 2. The zero-order valence-corrected chi connectivity index (χ0v) is 17.2. The predicted molar refractivity (Wildman–Crippen MR) is 116 cm³/mol. The molecule has 0 fully saturated rings. The highest BCUT2D eigenvalue weighted by Gasteiger charge is 2.08. The summed E-state index contributed by atoms with van der Waals surface area (Å²) in [4.78, 5) is 18.9. The van der Waals surface area contributed by atoms with E-state index in [1.165, 1.54) is 12.3 Å². The molecule has 9 heteroatoms. The van der Waals surface area contributed by atoms with Crippen LogP contribution in [0.3, 0.4) is 0 Å². The van der Waals surface area contributed by atoms with Gasteiger partial charge in [-0.05, 0) is 48.9 Å². The van der Waals surface area contributed by atoms with Gasteiger partial charge < -0.3 is 9.47 Å². The molecule has 1 aromatic heterocycles. The lowest BCUT2D eigenvalue weighted by Gasteiger charge is -2.08. The van der Waals surface area contributed by atoms with Gasteiger partial charge in [0.25, 0.3) is 5.56 Å². The molecule has 0 radical (unpaired) electrons. The molecule has 29 heavy (non-hydrogen) atoms. The Hall–Kier alpha value is -3.03. The number of hydrogen-bond donors (Lipinski definition) is 2. The minimum Gasteiger partial charge on any atom is -0.497 e. The normalized spacial score (nSPS) is 10.9. The fourth-order valence-electron chi connectivity index (χ4n) is 2.52. The molecule has 0 atom stereocenters. The van der Waals surface area contributed by atoms with E-state index < -0.39 is 0 Å². The van der Waals surface area contributed by atoms with Gasteiger partial charge in [-0.25, -0.2) is 10.4 Å². The number of hydrazone groups is 1. The van der Waals surface area contributed by atoms with Gasteiger partial charge in [0.1, 0.15) is 5.75 Å². The van der Waals surface area contributed by atoms with E-state index in [2.05, 4.69) is 20.5 Å². The standard InChI is InChI=1S/C20H18Cl2N4O3/c1-3-29-19-15(21)8-12(9-16(19)22)11-23-26-20-24-17(10-18(27)25-20)13-4-6-14(28-2)7-5-13/h4-11H,3H2,1-2H3,(H2,24,25,26,27)/b23-11-. The number of ether oxygens (including phenoxy) is 2. The number of nitrogens with one attached hydrogen (secondary N) is 2. The van der Waals surface area contributed by atoms with Crippen LogP contribution >= 0.6 is 23.2 Å². The minimum absolute atomic E-state index is 0.197. The molecule has 0 aliphatic carbocycles. The molecule has 150 valence electrons. The predicted octanol–water partition coefficient (Wildman–Crippen LogP) is 4.60. The first-order valence-corrected chi connectivity index (χ1v) is 9.42. The average Bonchev–Trinajstić information content (AvgIpc) is 2.70. The first kappa shape index (κ1) is 20.7. The van der Waals surface area contributed by atoms with Crippen LogP contribution < -0.4 is 20.5 Å². The maximum Gasteiger partial charge on any atom is 0.252 e. The highest BCUT2D eigenvalue weighted by Crippen LogP contribution is 2.33. The molecule has 3 rings (SSSR count). The summed E-state index contributed by atoms with van der Waals surface area (Å²) < 4.78 is 10.5. The third-order valence-electron chi connectivity index (χ3n) is 3.82. The fourth-order valence-corrected chi connectivity index (χ4v) is 3.14. The van der Waals surface area contributed by atoms with Crippen molar-refractivity contribution in [1.29, 1.82) is 0 Å². The van der Waals surface area contributed by atoms with Crippen molar-refractivity contribution in [2.45, 2.75) is 6.92 Å². The first-order chi connectivity index (χ1) is 14.0. The molecular formula is C20H18Cl2N4O3. The van der Waals surface area contributed by atoms with Gasteiger partial charge in [0, 0.05) is 11.6 Å². The van der Waals surface area contributed by atoms with E-state index in [1.807, 2.05) is 19.1 Å². The number of benzene rings is 2. The number of rotatable bonds is 7. The van der Waals surface area contributed by atoms with E-state index in [0.717, 1.165) is 5.56 Å². The summed E-state index contributed by atoms with van der Waals surface area (Å²) in [6, 6.07) is 12.0. The molecule has 7 nitrogen and oxygen atoms in total. The van der Waals surface area contributed by atoms with Gasteiger partial charge in [0.05, 0.1) is 35.7 Å². The lowest BCUT2D eigenvalue weighted by Crippen LogP contribution is -2.10. The Bertz CT molecular complexity index is 1060. The average molecular weight is 433 g/mol. The molecule has 0 amide bonds. The van der Waals surface area contributed by atoms with E-state index in [1.54, 1.807) is 31.4 Å². The maximum absolute atomic E-state index is 12.0. The monoisotopic (exact) mass is 432 g/mol. The van der Waals surface area contributed by atoms with Crippen molar-refractivity contribution in [1.82, 2.24) is 9.97 Å². The minimum atomic E-state index is -0.310. The maximum atomic E-state index is 12.0. The molecule has 0 saturated heterocycles. The van der Waals surface area contributed by atoms with Crippen LogP contribution in [0.4, 0.5) is 5.95 Å². The van der Waals surface area contributed by atoms with Crippen molar-refractivity contribution in [3.05, 3.63) is 68.4 Å². The second-order valence-electron chi connectivity index (χ2n) is 5.82. The van der Waals surface area contributed by atoms with Crippen LogP contribution in [0.5, 0.6) is 11.5 Å². The molecule has 0 unspecified atom stereocenters. The molecule has 2 N–H and O–H groups in total. The van der Waals surface area contributed by atoms with Crippen molar-refractivity contribution >= 4 is 35.4 Å². The van der Waals surface area contributed by atoms with Crippen molar-refractivity contribution in [2.75, 3.05) is 19.1 Å². The van der Waals surface area contributed by atoms with Gasteiger partial charge in [-0.15, -0.1) is 0 Å². The number of nitrogens with zero attached hydrogens (tertiary/aromatic N) is 2. The second kappa shape index (κ2) is 9.45. The summed E-state index contributed by atoms with van der Waals surface area (Å²) >= 11 is 12.4. The number of methoxy groups -OCH3 is 1. The molecule has 0 bridgehead atoms. The number of aromatic amines is 1. The van der Waals surface area contributed by atoms with Gasteiger partial charge in [0.15, 0.2) is 5.75 Å². The second-order valence-corrected chi connectivity index (χ2v) is 6.64. The lowest BCUT2D eigenvalue weighted by atomic mass is 10.1. The Morgan fingerprint density at radius 3 is 2.48 bits per heavy atom. The van der Waals surface area contributed by atoms with Gasteiger partial charge in [0.2, 0.25) is 5.95 Å². The largest absolute Gasteiger partial charge is 0.497 e. The number of H-pyrrole nitrogens is 1. The SMILES string of the molecule is CCOc1c(Cl)cc(/C=N\Nc2nc(-c3ccc(OC)cc3)cc(=O)[nH]2)cc1Cl. The lowest BCUT2D eigenvalue weighted by molar-refractivity contribution is 0.340. The molecule has 0 aliphatic heterocycles. The van der Waals surface area contributed by atoms with Crippen LogP contribution in [0.2, 0.25) is 10.0 Å². The quantitative estimate of drug-likeness (QED) is 0.420. The molecule has 2 aromatic carbocycles. The Balaban J connectivity index is 1.78. The van der Waals surface area contributed by atoms with Crippen LogP contribution in [0.25, 0.3) is 11.3 Å². The van der Waals surface area contributed by atoms with Crippen LogP contribution in [0.15, 0.2) is 52.4 Å². The summed E-state index contributed by atoms with van der Waals surface area (Å²) in [6.07, 6.45) is 1.51. The highest BCUT2D eigenvalue weighted by atomic mass is 35.5. The Kier molecular flexibility index (Phi) is 6.74. The zero-order valence-electron chi connectivity index (χ0n) is 15.7. The summed E-state index contributed by atoms with van der Waals surface area (Å²) in [6.45, 7) is 2.30. The van der Waals surface area contributed by atoms with E-state index in [9.17, 15) is 4.79 Å². The van der Waals surface area contributed by atoms with Crippen LogP contribution in [-0.2, 0) is 0 Å². The van der Waals surface area contributed by atoms with Gasteiger partial charge in [-0.3, -0.25) is 9.78 Å². The van der Waals surface area contributed by atoms with Crippen LogP contribution in [0, 0.1) is 0 Å². The van der Waals surface area contributed by atoms with Crippen LogP contribution in [0.1, 0.15) is 12.5 Å². The third kappa shape index (κ3) is 5.28. The van der Waals surface area contributed by atoms with Crippen molar-refractivity contribution in [2.24, 2.45) is 5.10 Å². The fraction of sp³-hybridized carbons (Fsp3) is 0.150. The Morgan fingerprint density at radius 2 is 1.86 bits per heavy atom. The molecular weight excluding hydrogens is 415 g/mol. The van der Waals surface area contributed by atoms with E-state index >= 15 is 0 Å². The molecule has 0 saturated carbocycles. The Labute approximate surface area is 177 Å².